The molecule has 146 valence electrons. The Balaban J connectivity index is 1.70. The standard InChI is InChI=1S/C21H25N5OS/c1-21(2,3)25(14-16-10-6-4-7-11-16)18(27)15-28-20-24-23-19(26(20)22)17-12-8-5-9-13-17/h4-13H,14-15,22H2,1-3H3. The normalized spacial score (nSPS) is 11.4. The van der Waals surface area contributed by atoms with Gasteiger partial charge in [0.15, 0.2) is 5.82 Å². The summed E-state index contributed by atoms with van der Waals surface area (Å²) in [7, 11) is 0. The first-order chi connectivity index (χ1) is 13.4. The lowest BCUT2D eigenvalue weighted by atomic mass is 10.0. The lowest BCUT2D eigenvalue weighted by Gasteiger charge is -2.36. The molecule has 28 heavy (non-hydrogen) atoms. The van der Waals surface area contributed by atoms with Crippen molar-refractivity contribution in [1.29, 1.82) is 0 Å². The summed E-state index contributed by atoms with van der Waals surface area (Å²) >= 11 is 1.30. The highest BCUT2D eigenvalue weighted by atomic mass is 32.2. The van der Waals surface area contributed by atoms with Crippen LogP contribution in [-0.4, -0.2) is 37.0 Å². The predicted molar refractivity (Wildman–Crippen MR) is 113 cm³/mol. The number of carbonyl (C=O) groups is 1. The molecule has 6 nitrogen and oxygen atoms in total. The molecule has 1 amide bonds. The van der Waals surface area contributed by atoms with E-state index in [0.29, 0.717) is 17.5 Å². The first-order valence-electron chi connectivity index (χ1n) is 9.09. The molecule has 0 unspecified atom stereocenters. The second-order valence-electron chi connectivity index (χ2n) is 7.47. The van der Waals surface area contributed by atoms with Crippen LogP contribution in [0.5, 0.6) is 0 Å². The molecule has 2 aromatic carbocycles. The fourth-order valence-electron chi connectivity index (χ4n) is 2.83. The third-order valence-electron chi connectivity index (χ3n) is 4.32. The van der Waals surface area contributed by atoms with Crippen molar-refractivity contribution >= 4 is 17.7 Å². The summed E-state index contributed by atoms with van der Waals surface area (Å²) in [4.78, 5) is 14.8. The average Bonchev–Trinajstić information content (AvgIpc) is 3.05. The number of thioether (sulfide) groups is 1. The van der Waals surface area contributed by atoms with E-state index < -0.39 is 0 Å². The number of nitrogens with two attached hydrogens (primary N) is 1. The fourth-order valence-corrected chi connectivity index (χ4v) is 3.56. The predicted octanol–water partition coefficient (Wildman–Crippen LogP) is 3.58. The van der Waals surface area contributed by atoms with Gasteiger partial charge in [0.25, 0.3) is 0 Å². The van der Waals surface area contributed by atoms with E-state index in [9.17, 15) is 4.79 Å². The summed E-state index contributed by atoms with van der Waals surface area (Å²) in [6, 6.07) is 19.6. The molecule has 1 heterocycles. The van der Waals surface area contributed by atoms with E-state index in [2.05, 4.69) is 10.2 Å². The van der Waals surface area contributed by atoms with Crippen LogP contribution in [0.3, 0.4) is 0 Å². The van der Waals surface area contributed by atoms with Crippen LogP contribution in [0.4, 0.5) is 0 Å². The quantitative estimate of drug-likeness (QED) is 0.510. The molecule has 0 saturated carbocycles. The number of benzene rings is 2. The Morgan fingerprint density at radius 2 is 1.64 bits per heavy atom. The summed E-state index contributed by atoms with van der Waals surface area (Å²) in [5.74, 6) is 7.01. The molecule has 0 aliphatic heterocycles. The molecule has 0 fully saturated rings. The summed E-state index contributed by atoms with van der Waals surface area (Å²) in [6.07, 6.45) is 0. The van der Waals surface area contributed by atoms with Gasteiger partial charge in [0.2, 0.25) is 11.1 Å². The van der Waals surface area contributed by atoms with E-state index in [-0.39, 0.29) is 17.2 Å². The van der Waals surface area contributed by atoms with E-state index in [0.717, 1.165) is 11.1 Å². The molecule has 3 rings (SSSR count). The van der Waals surface area contributed by atoms with Gasteiger partial charge in [0.05, 0.1) is 5.75 Å². The number of nitrogen functional groups attached to an aromatic ring is 1. The van der Waals surface area contributed by atoms with Gasteiger partial charge >= 0.3 is 0 Å². The number of carbonyl (C=O) groups excluding carboxylic acids is 1. The van der Waals surface area contributed by atoms with Crippen LogP contribution < -0.4 is 5.84 Å². The Bertz CT molecular complexity index is 919. The zero-order chi connectivity index (χ0) is 20.1. The molecule has 0 saturated heterocycles. The molecule has 0 atom stereocenters. The molecule has 0 bridgehead atoms. The first kappa shape index (κ1) is 19.9. The molecule has 1 aromatic heterocycles. The Kier molecular flexibility index (Phi) is 6.04. The van der Waals surface area contributed by atoms with Crippen molar-refractivity contribution in [1.82, 2.24) is 19.8 Å². The maximum absolute atomic E-state index is 13.0. The van der Waals surface area contributed by atoms with Crippen molar-refractivity contribution in [3.63, 3.8) is 0 Å². The average molecular weight is 396 g/mol. The minimum atomic E-state index is -0.293. The molecule has 0 radical (unpaired) electrons. The topological polar surface area (TPSA) is 77.0 Å². The zero-order valence-electron chi connectivity index (χ0n) is 16.4. The van der Waals surface area contributed by atoms with Crippen LogP contribution in [-0.2, 0) is 11.3 Å². The van der Waals surface area contributed by atoms with Gasteiger partial charge in [0.1, 0.15) is 0 Å². The van der Waals surface area contributed by atoms with Crippen molar-refractivity contribution < 1.29 is 4.79 Å². The van der Waals surface area contributed by atoms with Gasteiger partial charge < -0.3 is 10.7 Å². The molecule has 3 aromatic rings. The Labute approximate surface area is 169 Å². The van der Waals surface area contributed by atoms with Crippen LogP contribution in [0, 0.1) is 0 Å². The van der Waals surface area contributed by atoms with Gasteiger partial charge in [-0.15, -0.1) is 10.2 Å². The first-order valence-corrected chi connectivity index (χ1v) is 10.1. The summed E-state index contributed by atoms with van der Waals surface area (Å²) in [5.41, 5.74) is 1.69. The van der Waals surface area contributed by atoms with Crippen LogP contribution >= 0.6 is 11.8 Å². The molecule has 0 spiro atoms. The number of hydrogen-bond acceptors (Lipinski definition) is 5. The maximum Gasteiger partial charge on any atom is 0.233 e. The van der Waals surface area contributed by atoms with Crippen molar-refractivity contribution in [3.05, 3.63) is 66.2 Å². The van der Waals surface area contributed by atoms with Crippen molar-refractivity contribution in [2.45, 2.75) is 38.0 Å². The van der Waals surface area contributed by atoms with E-state index in [1.54, 1.807) is 0 Å². The van der Waals surface area contributed by atoms with Crippen molar-refractivity contribution in [2.24, 2.45) is 0 Å². The van der Waals surface area contributed by atoms with Gasteiger partial charge in [-0.1, -0.05) is 72.4 Å². The van der Waals surface area contributed by atoms with Gasteiger partial charge in [-0.2, -0.15) is 0 Å². The van der Waals surface area contributed by atoms with E-state index in [1.165, 1.54) is 16.4 Å². The summed E-state index contributed by atoms with van der Waals surface area (Å²) < 4.78 is 1.44. The highest BCUT2D eigenvalue weighted by molar-refractivity contribution is 7.99. The van der Waals surface area contributed by atoms with Crippen LogP contribution in [0.2, 0.25) is 0 Å². The third-order valence-corrected chi connectivity index (χ3v) is 5.24. The third kappa shape index (κ3) is 4.72. The summed E-state index contributed by atoms with van der Waals surface area (Å²) in [5, 5.41) is 8.83. The molecule has 0 aliphatic rings. The monoisotopic (exact) mass is 395 g/mol. The number of nitrogens with zero attached hydrogens (tertiary/aromatic N) is 4. The molecule has 7 heteroatoms. The van der Waals surface area contributed by atoms with E-state index >= 15 is 0 Å². The number of aromatic nitrogens is 3. The number of rotatable bonds is 6. The molecular weight excluding hydrogens is 370 g/mol. The van der Waals surface area contributed by atoms with Crippen molar-refractivity contribution in [3.8, 4) is 11.4 Å². The number of amides is 1. The molecular formula is C21H25N5OS. The second-order valence-corrected chi connectivity index (χ2v) is 8.41. The SMILES string of the molecule is CC(C)(C)N(Cc1ccccc1)C(=O)CSc1nnc(-c2ccccc2)n1N. The van der Waals surface area contributed by atoms with Crippen LogP contribution in [0.25, 0.3) is 11.4 Å². The lowest BCUT2D eigenvalue weighted by Crippen LogP contribution is -2.46. The van der Waals surface area contributed by atoms with Crippen LogP contribution in [0.15, 0.2) is 65.8 Å². The number of hydrogen-bond donors (Lipinski definition) is 1. The van der Waals surface area contributed by atoms with Crippen LogP contribution in [0.1, 0.15) is 26.3 Å². The van der Waals surface area contributed by atoms with E-state index in [1.807, 2.05) is 86.3 Å². The zero-order valence-corrected chi connectivity index (χ0v) is 17.2. The molecule has 2 N–H and O–H groups in total. The minimum Gasteiger partial charge on any atom is -0.335 e. The maximum atomic E-state index is 13.0. The van der Waals surface area contributed by atoms with E-state index in [4.69, 9.17) is 5.84 Å². The van der Waals surface area contributed by atoms with Gasteiger partial charge in [-0.25, -0.2) is 4.68 Å². The molecule has 0 aliphatic carbocycles. The summed E-state index contributed by atoms with van der Waals surface area (Å²) in [6.45, 7) is 6.68. The highest BCUT2D eigenvalue weighted by Gasteiger charge is 2.27. The lowest BCUT2D eigenvalue weighted by molar-refractivity contribution is -0.133. The van der Waals surface area contributed by atoms with Gasteiger partial charge in [0, 0.05) is 17.6 Å². The highest BCUT2D eigenvalue weighted by Crippen LogP contribution is 2.24. The largest absolute Gasteiger partial charge is 0.335 e. The van der Waals surface area contributed by atoms with Gasteiger partial charge in [-0.05, 0) is 26.3 Å². The minimum absolute atomic E-state index is 0.0330. The Hall–Kier alpha value is -2.80. The van der Waals surface area contributed by atoms with Gasteiger partial charge in [-0.3, -0.25) is 4.79 Å². The van der Waals surface area contributed by atoms with Crippen molar-refractivity contribution in [2.75, 3.05) is 11.6 Å². The Morgan fingerprint density at radius 3 is 2.25 bits per heavy atom. The second kappa shape index (κ2) is 8.48. The fraction of sp³-hybridized carbons (Fsp3) is 0.286. The Morgan fingerprint density at radius 1 is 1.04 bits per heavy atom. The smallest absolute Gasteiger partial charge is 0.233 e.